The summed E-state index contributed by atoms with van der Waals surface area (Å²) in [6.07, 6.45) is -0.459. The quantitative estimate of drug-likeness (QED) is 0.730. The van der Waals surface area contributed by atoms with Gasteiger partial charge < -0.3 is 20.3 Å². The highest BCUT2D eigenvalue weighted by molar-refractivity contribution is 5.43. The maximum Gasteiger partial charge on any atom is 0.232 e. The Morgan fingerprint density at radius 2 is 2.22 bits per heavy atom. The first kappa shape index (κ1) is 12.3. The molecular formula is C10H15N7O. The van der Waals surface area contributed by atoms with Crippen LogP contribution in [0.3, 0.4) is 0 Å². The summed E-state index contributed by atoms with van der Waals surface area (Å²) < 4.78 is 5.27. The molecule has 0 aliphatic carbocycles. The second-order valence-corrected chi connectivity index (χ2v) is 4.12. The first-order valence-corrected chi connectivity index (χ1v) is 5.55. The molecular weight excluding hydrogens is 234 g/mol. The smallest absolute Gasteiger partial charge is 0.232 e. The lowest BCUT2D eigenvalue weighted by Gasteiger charge is -2.30. The van der Waals surface area contributed by atoms with Crippen LogP contribution in [0.1, 0.15) is 0 Å². The zero-order valence-corrected chi connectivity index (χ0v) is 10.4. The number of aromatic nitrogens is 3. The summed E-state index contributed by atoms with van der Waals surface area (Å²) in [6.45, 7) is 1.54. The van der Waals surface area contributed by atoms with Crippen molar-refractivity contribution in [2.75, 3.05) is 49.3 Å². The van der Waals surface area contributed by atoms with Crippen LogP contribution in [-0.2, 0) is 4.74 Å². The van der Waals surface area contributed by atoms with Crippen LogP contribution in [0.25, 0.3) is 0 Å². The zero-order valence-electron chi connectivity index (χ0n) is 10.4. The molecule has 1 saturated heterocycles. The van der Waals surface area contributed by atoms with E-state index in [-0.39, 0.29) is 5.95 Å². The number of nitrogen functional groups attached to an aromatic ring is 1. The van der Waals surface area contributed by atoms with E-state index in [0.29, 0.717) is 31.6 Å². The van der Waals surface area contributed by atoms with E-state index in [1.807, 2.05) is 19.0 Å². The predicted octanol–water partition coefficient (Wildman–Crippen LogP) is -0.751. The van der Waals surface area contributed by atoms with E-state index < -0.39 is 6.10 Å². The van der Waals surface area contributed by atoms with Gasteiger partial charge in [0.2, 0.25) is 17.8 Å². The third-order valence-electron chi connectivity index (χ3n) is 2.52. The van der Waals surface area contributed by atoms with Crippen LogP contribution in [-0.4, -0.2) is 54.8 Å². The average Bonchev–Trinajstić information content (AvgIpc) is 2.38. The average molecular weight is 249 g/mol. The molecule has 1 fully saturated rings. The van der Waals surface area contributed by atoms with Gasteiger partial charge in [-0.25, -0.2) is 0 Å². The Morgan fingerprint density at radius 3 is 2.89 bits per heavy atom. The topological polar surface area (TPSA) is 104 Å². The highest BCUT2D eigenvalue weighted by Crippen LogP contribution is 2.16. The number of hydrogen-bond acceptors (Lipinski definition) is 8. The van der Waals surface area contributed by atoms with Gasteiger partial charge in [0, 0.05) is 20.6 Å². The Bertz CT molecular complexity index is 470. The minimum atomic E-state index is -0.459. The number of rotatable bonds is 2. The Morgan fingerprint density at radius 1 is 1.44 bits per heavy atom. The minimum Gasteiger partial charge on any atom is -0.368 e. The second-order valence-electron chi connectivity index (χ2n) is 4.12. The Balaban J connectivity index is 2.25. The van der Waals surface area contributed by atoms with E-state index in [1.165, 1.54) is 0 Å². The summed E-state index contributed by atoms with van der Waals surface area (Å²) in [7, 11) is 3.66. The van der Waals surface area contributed by atoms with Gasteiger partial charge in [0.15, 0.2) is 6.10 Å². The Kier molecular flexibility index (Phi) is 3.43. The predicted molar refractivity (Wildman–Crippen MR) is 66.1 cm³/mol. The van der Waals surface area contributed by atoms with Crippen LogP contribution < -0.4 is 15.5 Å². The van der Waals surface area contributed by atoms with Gasteiger partial charge in [0.1, 0.15) is 0 Å². The molecule has 1 aliphatic heterocycles. The van der Waals surface area contributed by atoms with Crippen molar-refractivity contribution in [3.63, 3.8) is 0 Å². The fourth-order valence-corrected chi connectivity index (χ4v) is 1.62. The first-order valence-electron chi connectivity index (χ1n) is 5.55. The molecule has 8 nitrogen and oxygen atoms in total. The minimum absolute atomic E-state index is 0.170. The number of nitrogens with zero attached hydrogens (tertiary/aromatic N) is 6. The maximum absolute atomic E-state index is 8.87. The molecule has 1 aromatic rings. The number of morpholine rings is 1. The van der Waals surface area contributed by atoms with Crippen LogP contribution >= 0.6 is 0 Å². The Labute approximate surface area is 105 Å². The lowest BCUT2D eigenvalue weighted by Crippen LogP contribution is -2.43. The summed E-state index contributed by atoms with van der Waals surface area (Å²) in [5.74, 6) is 1.15. The molecule has 0 spiro atoms. The molecule has 18 heavy (non-hydrogen) atoms. The molecule has 96 valence electrons. The van der Waals surface area contributed by atoms with Crippen LogP contribution in [0.2, 0.25) is 0 Å². The number of hydrogen-bond donors (Lipinski definition) is 1. The number of nitrogens with two attached hydrogens (primary N) is 1. The molecule has 0 bridgehead atoms. The summed E-state index contributed by atoms with van der Waals surface area (Å²) in [6, 6.07) is 2.08. The van der Waals surface area contributed by atoms with Gasteiger partial charge in [0.05, 0.1) is 19.2 Å². The third kappa shape index (κ3) is 2.57. The molecule has 1 unspecified atom stereocenters. The highest BCUT2D eigenvalue weighted by atomic mass is 16.5. The van der Waals surface area contributed by atoms with Crippen molar-refractivity contribution in [3.8, 4) is 6.07 Å². The molecule has 1 aromatic heterocycles. The fourth-order valence-electron chi connectivity index (χ4n) is 1.62. The molecule has 0 radical (unpaired) electrons. The van der Waals surface area contributed by atoms with E-state index in [1.54, 1.807) is 4.90 Å². The van der Waals surface area contributed by atoms with Gasteiger partial charge in [-0.2, -0.15) is 20.2 Å². The van der Waals surface area contributed by atoms with Crippen LogP contribution in [0.4, 0.5) is 17.8 Å². The third-order valence-corrected chi connectivity index (χ3v) is 2.52. The van der Waals surface area contributed by atoms with E-state index in [2.05, 4.69) is 21.0 Å². The fraction of sp³-hybridized carbons (Fsp3) is 0.600. The summed E-state index contributed by atoms with van der Waals surface area (Å²) in [5.41, 5.74) is 5.66. The standard InChI is InChI=1S/C10H15N7O/c1-16(2)9-13-8(12)14-10(15-9)17-3-4-18-7(5-11)6-17/h7H,3-4,6H2,1-2H3,(H2,12,13,14,15). The highest BCUT2D eigenvalue weighted by Gasteiger charge is 2.23. The van der Waals surface area contributed by atoms with Crippen LogP contribution in [0.5, 0.6) is 0 Å². The van der Waals surface area contributed by atoms with Crippen molar-refractivity contribution in [1.82, 2.24) is 15.0 Å². The van der Waals surface area contributed by atoms with Crippen molar-refractivity contribution in [3.05, 3.63) is 0 Å². The molecule has 2 rings (SSSR count). The molecule has 2 heterocycles. The largest absolute Gasteiger partial charge is 0.368 e. The summed E-state index contributed by atoms with van der Waals surface area (Å²) in [5, 5.41) is 8.87. The van der Waals surface area contributed by atoms with Crippen molar-refractivity contribution >= 4 is 17.8 Å². The van der Waals surface area contributed by atoms with Gasteiger partial charge in [-0.1, -0.05) is 0 Å². The lowest BCUT2D eigenvalue weighted by molar-refractivity contribution is 0.0758. The normalized spacial score (nSPS) is 19.4. The second kappa shape index (κ2) is 5.01. The summed E-state index contributed by atoms with van der Waals surface area (Å²) in [4.78, 5) is 16.1. The van der Waals surface area contributed by atoms with Crippen molar-refractivity contribution < 1.29 is 4.74 Å². The first-order chi connectivity index (χ1) is 8.60. The van der Waals surface area contributed by atoms with Crippen molar-refractivity contribution in [2.24, 2.45) is 0 Å². The zero-order chi connectivity index (χ0) is 13.1. The number of nitriles is 1. The van der Waals surface area contributed by atoms with Crippen LogP contribution in [0, 0.1) is 11.3 Å². The number of ether oxygens (including phenoxy) is 1. The van der Waals surface area contributed by atoms with Crippen molar-refractivity contribution in [1.29, 1.82) is 5.26 Å². The molecule has 0 aromatic carbocycles. The molecule has 0 saturated carbocycles. The molecule has 1 atom stereocenters. The van der Waals surface area contributed by atoms with E-state index >= 15 is 0 Å². The van der Waals surface area contributed by atoms with Crippen LogP contribution in [0.15, 0.2) is 0 Å². The summed E-state index contributed by atoms with van der Waals surface area (Å²) >= 11 is 0. The lowest BCUT2D eigenvalue weighted by atomic mass is 10.3. The number of anilines is 3. The van der Waals surface area contributed by atoms with Gasteiger partial charge in [0.25, 0.3) is 0 Å². The van der Waals surface area contributed by atoms with E-state index in [0.717, 1.165) is 0 Å². The molecule has 2 N–H and O–H groups in total. The molecule has 1 aliphatic rings. The molecule has 0 amide bonds. The SMILES string of the molecule is CN(C)c1nc(N)nc(N2CCOC(C#N)C2)n1. The van der Waals surface area contributed by atoms with Crippen molar-refractivity contribution in [2.45, 2.75) is 6.10 Å². The maximum atomic E-state index is 8.87. The molecule has 8 heteroatoms. The monoisotopic (exact) mass is 249 g/mol. The van der Waals surface area contributed by atoms with Gasteiger partial charge in [-0.15, -0.1) is 0 Å². The van der Waals surface area contributed by atoms with E-state index in [9.17, 15) is 0 Å². The Hall–Kier alpha value is -2.14. The van der Waals surface area contributed by atoms with Gasteiger partial charge in [-0.05, 0) is 0 Å². The van der Waals surface area contributed by atoms with Gasteiger partial charge >= 0.3 is 0 Å². The van der Waals surface area contributed by atoms with E-state index in [4.69, 9.17) is 15.7 Å². The van der Waals surface area contributed by atoms with Gasteiger partial charge in [-0.3, -0.25) is 0 Å².